The van der Waals surface area contributed by atoms with Crippen LogP contribution in [0, 0.1) is 20.8 Å². The minimum absolute atomic E-state index is 0.685. The zero-order valence-corrected chi connectivity index (χ0v) is 16.8. The van der Waals surface area contributed by atoms with E-state index < -0.39 is 0 Å². The molecule has 0 N–H and O–H groups in total. The maximum Gasteiger partial charge on any atom is 0.141 e. The fourth-order valence-corrected chi connectivity index (χ4v) is 3.51. The Kier molecular flexibility index (Phi) is 5.16. The van der Waals surface area contributed by atoms with E-state index in [0.717, 1.165) is 35.6 Å². The van der Waals surface area contributed by atoms with Gasteiger partial charge < -0.3 is 9.30 Å². The van der Waals surface area contributed by atoms with Crippen LogP contribution in [0.2, 0.25) is 0 Å². The summed E-state index contributed by atoms with van der Waals surface area (Å²) in [6, 6.07) is 23.2. The average Bonchev–Trinajstić information content (AvgIpc) is 3.07. The van der Waals surface area contributed by atoms with E-state index >= 15 is 0 Å². The third kappa shape index (κ3) is 3.65. The number of rotatable bonds is 6. The molecule has 3 nitrogen and oxygen atoms in total. The van der Waals surface area contributed by atoms with Crippen LogP contribution in [0.25, 0.3) is 22.4 Å². The van der Waals surface area contributed by atoms with E-state index in [1.165, 1.54) is 22.2 Å². The highest BCUT2D eigenvalue weighted by Crippen LogP contribution is 2.26. The summed E-state index contributed by atoms with van der Waals surface area (Å²) >= 11 is 0. The van der Waals surface area contributed by atoms with Crippen LogP contribution in [0.1, 0.15) is 23.1 Å². The topological polar surface area (TPSA) is 27.1 Å². The highest BCUT2D eigenvalue weighted by molar-refractivity contribution is 5.80. The number of imidazole rings is 1. The Hall–Kier alpha value is -3.07. The van der Waals surface area contributed by atoms with E-state index in [9.17, 15) is 0 Å². The summed E-state index contributed by atoms with van der Waals surface area (Å²) in [5, 5.41) is 0. The van der Waals surface area contributed by atoms with Crippen molar-refractivity contribution in [3.8, 4) is 17.1 Å². The van der Waals surface area contributed by atoms with E-state index in [0.29, 0.717) is 6.61 Å². The van der Waals surface area contributed by atoms with Crippen LogP contribution >= 0.6 is 0 Å². The van der Waals surface area contributed by atoms with Gasteiger partial charge in [0.15, 0.2) is 0 Å². The lowest BCUT2D eigenvalue weighted by Crippen LogP contribution is -2.07. The lowest BCUT2D eigenvalue weighted by molar-refractivity contribution is 0.301. The molecular formula is C25H26N2O. The minimum atomic E-state index is 0.685. The van der Waals surface area contributed by atoms with Crippen molar-refractivity contribution in [1.82, 2.24) is 9.55 Å². The molecule has 0 aliphatic carbocycles. The second-order valence-electron chi connectivity index (χ2n) is 7.34. The van der Waals surface area contributed by atoms with Crippen molar-refractivity contribution < 1.29 is 4.74 Å². The van der Waals surface area contributed by atoms with E-state index in [2.05, 4.69) is 79.9 Å². The van der Waals surface area contributed by atoms with Gasteiger partial charge in [-0.05, 0) is 56.5 Å². The van der Waals surface area contributed by atoms with Gasteiger partial charge in [-0.25, -0.2) is 4.98 Å². The monoisotopic (exact) mass is 370 g/mol. The summed E-state index contributed by atoms with van der Waals surface area (Å²) in [4.78, 5) is 4.90. The number of aromatic nitrogens is 2. The van der Waals surface area contributed by atoms with Crippen molar-refractivity contribution in [2.75, 3.05) is 6.61 Å². The molecule has 0 saturated carbocycles. The van der Waals surface area contributed by atoms with Crippen LogP contribution in [-0.2, 0) is 6.54 Å². The number of hydrogen-bond acceptors (Lipinski definition) is 2. The molecule has 3 aromatic carbocycles. The Morgan fingerprint density at radius 3 is 2.46 bits per heavy atom. The Labute approximate surface area is 166 Å². The maximum atomic E-state index is 6.06. The van der Waals surface area contributed by atoms with Crippen molar-refractivity contribution >= 4 is 11.0 Å². The Bertz CT molecular complexity index is 1090. The quantitative estimate of drug-likeness (QED) is 0.384. The standard InChI is InChI=1S/C25H26N2O/c1-18-12-14-21(15-13-18)25-26-22-9-4-5-10-23(22)27(25)16-7-17-28-24-11-6-8-19(2)20(24)3/h4-6,8-15H,7,16-17H2,1-3H3. The van der Waals surface area contributed by atoms with E-state index in [4.69, 9.17) is 9.72 Å². The molecule has 4 rings (SSSR count). The van der Waals surface area contributed by atoms with Gasteiger partial charge in [0.25, 0.3) is 0 Å². The molecule has 1 heterocycles. The molecule has 4 aromatic rings. The average molecular weight is 370 g/mol. The molecule has 0 bridgehead atoms. The molecule has 0 unspecified atom stereocenters. The number of benzene rings is 3. The molecule has 0 fully saturated rings. The largest absolute Gasteiger partial charge is 0.493 e. The van der Waals surface area contributed by atoms with Crippen molar-refractivity contribution in [1.29, 1.82) is 0 Å². The summed E-state index contributed by atoms with van der Waals surface area (Å²) in [5.41, 5.74) is 7.10. The molecule has 0 aliphatic rings. The van der Waals surface area contributed by atoms with Crippen LogP contribution in [-0.4, -0.2) is 16.2 Å². The van der Waals surface area contributed by atoms with E-state index in [-0.39, 0.29) is 0 Å². The molecule has 0 amide bonds. The fourth-order valence-electron chi connectivity index (χ4n) is 3.51. The number of aryl methyl sites for hydroxylation is 3. The molecule has 0 radical (unpaired) electrons. The summed E-state index contributed by atoms with van der Waals surface area (Å²) in [6.45, 7) is 7.90. The third-order valence-electron chi connectivity index (χ3n) is 5.30. The number of fused-ring (bicyclic) bond motifs is 1. The SMILES string of the molecule is Cc1ccc(-c2nc3ccccc3n2CCCOc2cccc(C)c2C)cc1. The second kappa shape index (κ2) is 7.89. The predicted octanol–water partition coefficient (Wildman–Crippen LogP) is 6.10. The molecular weight excluding hydrogens is 344 g/mol. The lowest BCUT2D eigenvalue weighted by Gasteiger charge is -2.13. The Balaban J connectivity index is 1.55. The fraction of sp³-hybridized carbons (Fsp3) is 0.240. The smallest absolute Gasteiger partial charge is 0.141 e. The number of hydrogen-bond donors (Lipinski definition) is 0. The van der Waals surface area contributed by atoms with Gasteiger partial charge in [0.2, 0.25) is 0 Å². The van der Waals surface area contributed by atoms with Gasteiger partial charge in [0, 0.05) is 12.1 Å². The number of ether oxygens (including phenoxy) is 1. The molecule has 28 heavy (non-hydrogen) atoms. The van der Waals surface area contributed by atoms with Crippen LogP contribution in [0.4, 0.5) is 0 Å². The van der Waals surface area contributed by atoms with Gasteiger partial charge in [0.05, 0.1) is 17.6 Å². The minimum Gasteiger partial charge on any atom is -0.493 e. The highest BCUT2D eigenvalue weighted by atomic mass is 16.5. The highest BCUT2D eigenvalue weighted by Gasteiger charge is 2.12. The van der Waals surface area contributed by atoms with Gasteiger partial charge in [-0.2, -0.15) is 0 Å². The second-order valence-corrected chi connectivity index (χ2v) is 7.34. The first-order chi connectivity index (χ1) is 13.6. The first-order valence-corrected chi connectivity index (χ1v) is 9.85. The summed E-state index contributed by atoms with van der Waals surface area (Å²) in [5.74, 6) is 2.00. The summed E-state index contributed by atoms with van der Waals surface area (Å²) < 4.78 is 8.37. The summed E-state index contributed by atoms with van der Waals surface area (Å²) in [7, 11) is 0. The van der Waals surface area contributed by atoms with Gasteiger partial charge in [-0.3, -0.25) is 0 Å². The van der Waals surface area contributed by atoms with Crippen LogP contribution in [0.3, 0.4) is 0 Å². The molecule has 0 spiro atoms. The van der Waals surface area contributed by atoms with E-state index in [1.54, 1.807) is 0 Å². The zero-order chi connectivity index (χ0) is 19.5. The lowest BCUT2D eigenvalue weighted by atomic mass is 10.1. The normalized spacial score (nSPS) is 11.1. The molecule has 0 atom stereocenters. The van der Waals surface area contributed by atoms with Crippen molar-refractivity contribution in [3.63, 3.8) is 0 Å². The van der Waals surface area contributed by atoms with Crippen LogP contribution < -0.4 is 4.74 Å². The molecule has 0 aliphatic heterocycles. The first kappa shape index (κ1) is 18.3. The number of nitrogens with zero attached hydrogens (tertiary/aromatic N) is 2. The van der Waals surface area contributed by atoms with Gasteiger partial charge >= 0.3 is 0 Å². The Morgan fingerprint density at radius 1 is 0.857 bits per heavy atom. The van der Waals surface area contributed by atoms with Crippen molar-refractivity contribution in [2.24, 2.45) is 0 Å². The first-order valence-electron chi connectivity index (χ1n) is 9.85. The van der Waals surface area contributed by atoms with Crippen LogP contribution in [0.15, 0.2) is 66.7 Å². The molecule has 3 heteroatoms. The van der Waals surface area contributed by atoms with Crippen molar-refractivity contribution in [3.05, 3.63) is 83.4 Å². The summed E-state index contributed by atoms with van der Waals surface area (Å²) in [6.07, 6.45) is 0.923. The number of para-hydroxylation sites is 2. The van der Waals surface area contributed by atoms with E-state index in [1.807, 2.05) is 12.1 Å². The predicted molar refractivity (Wildman–Crippen MR) is 116 cm³/mol. The van der Waals surface area contributed by atoms with Crippen LogP contribution in [0.5, 0.6) is 5.75 Å². The van der Waals surface area contributed by atoms with Gasteiger partial charge in [0.1, 0.15) is 11.6 Å². The molecule has 142 valence electrons. The molecule has 1 aromatic heterocycles. The zero-order valence-electron chi connectivity index (χ0n) is 16.8. The van der Waals surface area contributed by atoms with Gasteiger partial charge in [-0.1, -0.05) is 54.1 Å². The Morgan fingerprint density at radius 2 is 1.64 bits per heavy atom. The van der Waals surface area contributed by atoms with Crippen molar-refractivity contribution in [2.45, 2.75) is 33.7 Å². The maximum absolute atomic E-state index is 6.06. The molecule has 0 saturated heterocycles. The van der Waals surface area contributed by atoms with Gasteiger partial charge in [-0.15, -0.1) is 0 Å². The third-order valence-corrected chi connectivity index (χ3v) is 5.30.